The van der Waals surface area contributed by atoms with Crippen molar-refractivity contribution >= 4 is 10.0 Å². The molecule has 0 atom stereocenters. The average molecular weight is 394 g/mol. The van der Waals surface area contributed by atoms with Crippen molar-refractivity contribution in [3.05, 3.63) is 35.7 Å². The first kappa shape index (κ1) is 19.9. The lowest BCUT2D eigenvalue weighted by atomic mass is 10.2. The smallest absolute Gasteiger partial charge is 0.226 e. The van der Waals surface area contributed by atoms with Crippen LogP contribution >= 0.6 is 0 Å². The first-order chi connectivity index (χ1) is 12.9. The minimum Gasteiger partial charge on any atom is -0.494 e. The van der Waals surface area contributed by atoms with Gasteiger partial charge in [0.1, 0.15) is 11.5 Å². The summed E-state index contributed by atoms with van der Waals surface area (Å²) in [6.45, 7) is 9.29. The lowest BCUT2D eigenvalue weighted by molar-refractivity contribution is 0.179. The van der Waals surface area contributed by atoms with Gasteiger partial charge in [-0.05, 0) is 45.0 Å². The Morgan fingerprint density at radius 1 is 1.11 bits per heavy atom. The van der Waals surface area contributed by atoms with Gasteiger partial charge in [-0.3, -0.25) is 4.90 Å². The van der Waals surface area contributed by atoms with E-state index in [0.29, 0.717) is 45.2 Å². The summed E-state index contributed by atoms with van der Waals surface area (Å²) in [5.41, 5.74) is 1.80. The Bertz CT molecular complexity index is 854. The molecular formula is C19H27N3O4S. The van der Waals surface area contributed by atoms with E-state index in [4.69, 9.17) is 9.15 Å². The van der Waals surface area contributed by atoms with Crippen molar-refractivity contribution in [3.8, 4) is 17.2 Å². The fourth-order valence-electron chi connectivity index (χ4n) is 3.12. The highest BCUT2D eigenvalue weighted by molar-refractivity contribution is 7.89. The van der Waals surface area contributed by atoms with Gasteiger partial charge >= 0.3 is 0 Å². The van der Waals surface area contributed by atoms with E-state index in [2.05, 4.69) is 9.88 Å². The molecule has 0 unspecified atom stereocenters. The number of hydrogen-bond acceptors (Lipinski definition) is 6. The van der Waals surface area contributed by atoms with Gasteiger partial charge in [0.2, 0.25) is 15.9 Å². The summed E-state index contributed by atoms with van der Waals surface area (Å²) in [5.74, 6) is 2.37. The van der Waals surface area contributed by atoms with Crippen LogP contribution in [0.5, 0.6) is 5.75 Å². The first-order valence-corrected chi connectivity index (χ1v) is 10.9. The number of nitrogens with zero attached hydrogens (tertiary/aromatic N) is 3. The summed E-state index contributed by atoms with van der Waals surface area (Å²) in [7, 11) is -3.10. The molecule has 3 rings (SSSR count). The highest BCUT2D eigenvalue weighted by atomic mass is 32.2. The number of sulfonamides is 1. The van der Waals surface area contributed by atoms with Gasteiger partial charge in [0.15, 0.2) is 0 Å². The molecule has 1 saturated heterocycles. The fourth-order valence-corrected chi connectivity index (χ4v) is 4.20. The molecule has 1 aromatic carbocycles. The average Bonchev–Trinajstić information content (AvgIpc) is 3.03. The van der Waals surface area contributed by atoms with Crippen LogP contribution in [0, 0.1) is 6.92 Å². The second-order valence-corrected chi connectivity index (χ2v) is 8.81. The highest BCUT2D eigenvalue weighted by Gasteiger charge is 2.26. The van der Waals surface area contributed by atoms with Gasteiger partial charge in [-0.1, -0.05) is 0 Å². The summed E-state index contributed by atoms with van der Waals surface area (Å²) in [5, 5.41) is 0. The number of rotatable bonds is 7. The lowest BCUT2D eigenvalue weighted by Crippen LogP contribution is -2.48. The molecule has 0 bridgehead atoms. The Morgan fingerprint density at radius 3 is 2.37 bits per heavy atom. The van der Waals surface area contributed by atoms with Gasteiger partial charge in [0.25, 0.3) is 0 Å². The van der Waals surface area contributed by atoms with Crippen LogP contribution in [0.4, 0.5) is 0 Å². The van der Waals surface area contributed by atoms with Crippen molar-refractivity contribution in [1.82, 2.24) is 14.2 Å². The van der Waals surface area contributed by atoms with E-state index < -0.39 is 10.0 Å². The number of piperazine rings is 1. The summed E-state index contributed by atoms with van der Waals surface area (Å²) < 4.78 is 36.8. The lowest BCUT2D eigenvalue weighted by Gasteiger charge is -2.33. The second-order valence-electron chi connectivity index (χ2n) is 6.56. The zero-order chi connectivity index (χ0) is 19.4. The van der Waals surface area contributed by atoms with Crippen LogP contribution in [0.1, 0.15) is 25.3 Å². The molecule has 1 aromatic heterocycles. The molecule has 1 fully saturated rings. The molecule has 0 spiro atoms. The third kappa shape index (κ3) is 4.69. The van der Waals surface area contributed by atoms with Gasteiger partial charge in [0.05, 0.1) is 18.1 Å². The van der Waals surface area contributed by atoms with Crippen LogP contribution in [-0.4, -0.2) is 61.1 Å². The molecule has 1 aliphatic rings. The standard InChI is InChI=1S/C19H27N3O4S/c1-4-25-17-8-6-16(7-9-17)19-20-18(15(3)26-19)14-21-10-12-22(13-11-21)27(23,24)5-2/h6-9H,4-5,10-14H2,1-3H3. The third-order valence-corrected chi connectivity index (χ3v) is 6.65. The molecule has 0 radical (unpaired) electrons. The van der Waals surface area contributed by atoms with E-state index >= 15 is 0 Å². The molecule has 0 N–H and O–H groups in total. The van der Waals surface area contributed by atoms with Gasteiger partial charge in [0, 0.05) is 38.3 Å². The topological polar surface area (TPSA) is 75.9 Å². The van der Waals surface area contributed by atoms with Crippen molar-refractivity contribution in [2.75, 3.05) is 38.5 Å². The SMILES string of the molecule is CCOc1ccc(-c2nc(CN3CCN(S(=O)(=O)CC)CC3)c(C)o2)cc1. The minimum absolute atomic E-state index is 0.154. The van der Waals surface area contributed by atoms with Crippen molar-refractivity contribution in [2.24, 2.45) is 0 Å². The zero-order valence-corrected chi connectivity index (χ0v) is 17.0. The molecule has 0 saturated carbocycles. The molecule has 0 amide bonds. The normalized spacial score (nSPS) is 16.6. The van der Waals surface area contributed by atoms with Crippen LogP contribution in [-0.2, 0) is 16.6 Å². The van der Waals surface area contributed by atoms with Gasteiger partial charge in [-0.25, -0.2) is 13.4 Å². The van der Waals surface area contributed by atoms with Crippen LogP contribution < -0.4 is 4.74 Å². The summed E-state index contributed by atoms with van der Waals surface area (Å²) in [6, 6.07) is 7.69. The molecule has 0 aliphatic carbocycles. The van der Waals surface area contributed by atoms with Gasteiger partial charge < -0.3 is 9.15 Å². The maximum atomic E-state index is 12.0. The van der Waals surface area contributed by atoms with Crippen molar-refractivity contribution < 1.29 is 17.6 Å². The number of benzene rings is 1. The molecule has 27 heavy (non-hydrogen) atoms. The van der Waals surface area contributed by atoms with E-state index in [1.54, 1.807) is 11.2 Å². The Kier molecular flexibility index (Phi) is 6.18. The summed E-state index contributed by atoms with van der Waals surface area (Å²) in [6.07, 6.45) is 0. The summed E-state index contributed by atoms with van der Waals surface area (Å²) in [4.78, 5) is 6.87. The molecule has 148 valence electrons. The number of hydrogen-bond donors (Lipinski definition) is 0. The van der Waals surface area contributed by atoms with Crippen LogP contribution in [0.2, 0.25) is 0 Å². The minimum atomic E-state index is -3.10. The Labute approximate surface area is 161 Å². The fraction of sp³-hybridized carbons (Fsp3) is 0.526. The predicted octanol–water partition coefficient (Wildman–Crippen LogP) is 2.52. The predicted molar refractivity (Wildman–Crippen MR) is 104 cm³/mol. The van der Waals surface area contributed by atoms with Crippen molar-refractivity contribution in [3.63, 3.8) is 0 Å². The van der Waals surface area contributed by atoms with E-state index in [1.165, 1.54) is 0 Å². The van der Waals surface area contributed by atoms with E-state index in [0.717, 1.165) is 22.8 Å². The monoisotopic (exact) mass is 393 g/mol. The van der Waals surface area contributed by atoms with Crippen molar-refractivity contribution in [1.29, 1.82) is 0 Å². The molecule has 2 aromatic rings. The van der Waals surface area contributed by atoms with Gasteiger partial charge in [-0.2, -0.15) is 4.31 Å². The highest BCUT2D eigenvalue weighted by Crippen LogP contribution is 2.25. The maximum Gasteiger partial charge on any atom is 0.226 e. The quantitative estimate of drug-likeness (QED) is 0.719. The molecule has 2 heterocycles. The maximum absolute atomic E-state index is 12.0. The van der Waals surface area contributed by atoms with Gasteiger partial charge in [-0.15, -0.1) is 0 Å². The number of aryl methyl sites for hydroxylation is 1. The largest absolute Gasteiger partial charge is 0.494 e. The molecular weight excluding hydrogens is 366 g/mol. The third-order valence-electron chi connectivity index (χ3n) is 4.77. The molecule has 7 nitrogen and oxygen atoms in total. The van der Waals surface area contributed by atoms with E-state index in [9.17, 15) is 8.42 Å². The van der Waals surface area contributed by atoms with Crippen LogP contribution in [0.15, 0.2) is 28.7 Å². The number of ether oxygens (including phenoxy) is 1. The van der Waals surface area contributed by atoms with E-state index in [1.807, 2.05) is 38.1 Å². The van der Waals surface area contributed by atoms with Crippen molar-refractivity contribution in [2.45, 2.75) is 27.3 Å². The first-order valence-electron chi connectivity index (χ1n) is 9.32. The number of aromatic nitrogens is 1. The zero-order valence-electron chi connectivity index (χ0n) is 16.1. The Balaban J connectivity index is 1.64. The molecule has 8 heteroatoms. The van der Waals surface area contributed by atoms with Crippen LogP contribution in [0.3, 0.4) is 0 Å². The second kappa shape index (κ2) is 8.41. The number of oxazole rings is 1. The van der Waals surface area contributed by atoms with E-state index in [-0.39, 0.29) is 5.75 Å². The summed E-state index contributed by atoms with van der Waals surface area (Å²) >= 11 is 0. The van der Waals surface area contributed by atoms with Crippen LogP contribution in [0.25, 0.3) is 11.5 Å². The molecule has 1 aliphatic heterocycles. The Hall–Kier alpha value is -1.90. The Morgan fingerprint density at radius 2 is 1.78 bits per heavy atom.